The smallest absolute Gasteiger partial charge is 0.270 e. The number of hydrogen-bond donors (Lipinski definition) is 2. The Hall–Kier alpha value is -1.91. The third-order valence-corrected chi connectivity index (χ3v) is 4.19. The SMILES string of the molecule is CC[C@](C)(NC(=O)c1ccccn1)C(=O)NC1CCCC1. The number of carbonyl (C=O) groups is 2. The van der Waals surface area contributed by atoms with Crippen molar-refractivity contribution in [1.29, 1.82) is 0 Å². The van der Waals surface area contributed by atoms with Gasteiger partial charge >= 0.3 is 0 Å². The van der Waals surface area contributed by atoms with Gasteiger partial charge < -0.3 is 10.6 Å². The second-order valence-corrected chi connectivity index (χ2v) is 5.81. The lowest BCUT2D eigenvalue weighted by atomic mass is 9.96. The summed E-state index contributed by atoms with van der Waals surface area (Å²) in [6.07, 6.45) is 6.47. The molecule has 1 aliphatic rings. The Balaban J connectivity index is 2.02. The maximum Gasteiger partial charge on any atom is 0.270 e. The fourth-order valence-electron chi connectivity index (χ4n) is 2.53. The number of nitrogens with one attached hydrogen (secondary N) is 2. The quantitative estimate of drug-likeness (QED) is 0.871. The van der Waals surface area contributed by atoms with E-state index in [9.17, 15) is 9.59 Å². The van der Waals surface area contributed by atoms with Crippen LogP contribution in [0.4, 0.5) is 0 Å². The Labute approximate surface area is 125 Å². The molecule has 1 heterocycles. The van der Waals surface area contributed by atoms with E-state index in [0.29, 0.717) is 12.1 Å². The first-order valence-electron chi connectivity index (χ1n) is 7.59. The molecule has 0 spiro atoms. The zero-order valence-corrected chi connectivity index (χ0v) is 12.7. The van der Waals surface area contributed by atoms with Crippen molar-refractivity contribution in [2.45, 2.75) is 57.5 Å². The summed E-state index contributed by atoms with van der Waals surface area (Å²) in [5, 5.41) is 5.87. The van der Waals surface area contributed by atoms with Crippen LogP contribution in [0, 0.1) is 0 Å². The molecule has 2 amide bonds. The summed E-state index contributed by atoms with van der Waals surface area (Å²) >= 11 is 0. The molecule has 2 N–H and O–H groups in total. The molecule has 21 heavy (non-hydrogen) atoms. The molecule has 2 rings (SSSR count). The van der Waals surface area contributed by atoms with Crippen LogP contribution in [0.2, 0.25) is 0 Å². The van der Waals surface area contributed by atoms with Crippen molar-refractivity contribution in [3.63, 3.8) is 0 Å². The largest absolute Gasteiger partial charge is 0.351 e. The van der Waals surface area contributed by atoms with E-state index < -0.39 is 5.54 Å². The highest BCUT2D eigenvalue weighted by Crippen LogP contribution is 2.19. The van der Waals surface area contributed by atoms with E-state index in [1.807, 2.05) is 6.92 Å². The van der Waals surface area contributed by atoms with E-state index in [-0.39, 0.29) is 17.9 Å². The third-order valence-electron chi connectivity index (χ3n) is 4.19. The molecule has 1 aliphatic carbocycles. The first-order chi connectivity index (χ1) is 10.0. The number of carbonyl (C=O) groups excluding carboxylic acids is 2. The van der Waals surface area contributed by atoms with Crippen LogP contribution in [-0.2, 0) is 4.79 Å². The van der Waals surface area contributed by atoms with E-state index in [1.165, 1.54) is 0 Å². The molecule has 0 aromatic carbocycles. The molecule has 0 radical (unpaired) electrons. The molecule has 1 aromatic rings. The molecular weight excluding hydrogens is 266 g/mol. The Kier molecular flexibility index (Phi) is 4.94. The molecule has 0 saturated heterocycles. The van der Waals surface area contributed by atoms with Gasteiger partial charge in [-0.1, -0.05) is 25.8 Å². The minimum absolute atomic E-state index is 0.110. The van der Waals surface area contributed by atoms with Crippen LogP contribution in [0.5, 0.6) is 0 Å². The van der Waals surface area contributed by atoms with Crippen molar-refractivity contribution < 1.29 is 9.59 Å². The van der Waals surface area contributed by atoms with Gasteiger partial charge in [-0.25, -0.2) is 0 Å². The average molecular weight is 289 g/mol. The number of nitrogens with zero attached hydrogens (tertiary/aromatic N) is 1. The lowest BCUT2D eigenvalue weighted by Crippen LogP contribution is -2.58. The highest BCUT2D eigenvalue weighted by atomic mass is 16.2. The van der Waals surface area contributed by atoms with Crippen LogP contribution in [0.3, 0.4) is 0 Å². The van der Waals surface area contributed by atoms with E-state index in [1.54, 1.807) is 31.3 Å². The van der Waals surface area contributed by atoms with Crippen LogP contribution >= 0.6 is 0 Å². The Morgan fingerprint density at radius 2 is 2.05 bits per heavy atom. The molecule has 0 bridgehead atoms. The van der Waals surface area contributed by atoms with Gasteiger partial charge in [0, 0.05) is 12.2 Å². The second-order valence-electron chi connectivity index (χ2n) is 5.81. The van der Waals surface area contributed by atoms with Crippen LogP contribution in [0.15, 0.2) is 24.4 Å². The number of aromatic nitrogens is 1. The van der Waals surface area contributed by atoms with Crippen molar-refractivity contribution in [1.82, 2.24) is 15.6 Å². The Bertz CT molecular complexity index is 498. The minimum atomic E-state index is -0.906. The van der Waals surface area contributed by atoms with Gasteiger partial charge in [0.1, 0.15) is 11.2 Å². The monoisotopic (exact) mass is 289 g/mol. The molecule has 1 saturated carbocycles. The number of rotatable bonds is 5. The molecule has 114 valence electrons. The van der Waals surface area contributed by atoms with Crippen LogP contribution in [-0.4, -0.2) is 28.4 Å². The normalized spacial score (nSPS) is 18.0. The maximum absolute atomic E-state index is 12.5. The third kappa shape index (κ3) is 3.80. The maximum atomic E-state index is 12.5. The van der Waals surface area contributed by atoms with Gasteiger partial charge in [-0.3, -0.25) is 14.6 Å². The van der Waals surface area contributed by atoms with Crippen LogP contribution in [0.25, 0.3) is 0 Å². The molecule has 5 heteroatoms. The summed E-state index contributed by atoms with van der Waals surface area (Å²) in [5.74, 6) is -0.428. The predicted octanol–water partition coefficient (Wildman–Crippen LogP) is 2.04. The van der Waals surface area contributed by atoms with Crippen molar-refractivity contribution in [2.24, 2.45) is 0 Å². The molecule has 1 atom stereocenters. The fourth-order valence-corrected chi connectivity index (χ4v) is 2.53. The fraction of sp³-hybridized carbons (Fsp3) is 0.562. The van der Waals surface area contributed by atoms with Crippen molar-refractivity contribution >= 4 is 11.8 Å². The Morgan fingerprint density at radius 3 is 2.62 bits per heavy atom. The van der Waals surface area contributed by atoms with Gasteiger partial charge in [0.15, 0.2) is 0 Å². The van der Waals surface area contributed by atoms with Crippen LogP contribution in [0.1, 0.15) is 56.4 Å². The van der Waals surface area contributed by atoms with E-state index in [2.05, 4.69) is 15.6 Å². The standard InChI is InChI=1S/C16H23N3O2/c1-3-16(2,15(21)18-12-8-4-5-9-12)19-14(20)13-10-6-7-11-17-13/h6-7,10-12H,3-5,8-9H2,1-2H3,(H,18,21)(H,19,20)/t16-/m0/s1. The molecule has 5 nitrogen and oxygen atoms in total. The lowest BCUT2D eigenvalue weighted by molar-refractivity contribution is -0.127. The summed E-state index contributed by atoms with van der Waals surface area (Å²) in [7, 11) is 0. The first kappa shape index (κ1) is 15.5. The number of hydrogen-bond acceptors (Lipinski definition) is 3. The highest BCUT2D eigenvalue weighted by Gasteiger charge is 2.35. The summed E-state index contributed by atoms with van der Waals surface area (Å²) < 4.78 is 0. The average Bonchev–Trinajstić information content (AvgIpc) is 3.00. The predicted molar refractivity (Wildman–Crippen MR) is 80.8 cm³/mol. The molecular formula is C16H23N3O2. The van der Waals surface area contributed by atoms with Crippen LogP contribution < -0.4 is 10.6 Å². The van der Waals surface area contributed by atoms with Gasteiger partial charge in [-0.2, -0.15) is 0 Å². The lowest BCUT2D eigenvalue weighted by Gasteiger charge is -2.29. The van der Waals surface area contributed by atoms with Gasteiger partial charge in [-0.15, -0.1) is 0 Å². The zero-order chi connectivity index (χ0) is 15.3. The van der Waals surface area contributed by atoms with Gasteiger partial charge in [0.05, 0.1) is 0 Å². The van der Waals surface area contributed by atoms with Crippen molar-refractivity contribution in [3.05, 3.63) is 30.1 Å². The first-order valence-corrected chi connectivity index (χ1v) is 7.59. The van der Waals surface area contributed by atoms with E-state index in [4.69, 9.17) is 0 Å². The summed E-state index contributed by atoms with van der Waals surface area (Å²) in [6.45, 7) is 3.66. The number of pyridine rings is 1. The van der Waals surface area contributed by atoms with Gasteiger partial charge in [0.25, 0.3) is 5.91 Å². The number of amides is 2. The van der Waals surface area contributed by atoms with Gasteiger partial charge in [-0.05, 0) is 38.3 Å². The summed E-state index contributed by atoms with van der Waals surface area (Å²) in [5.41, 5.74) is -0.581. The van der Waals surface area contributed by atoms with E-state index >= 15 is 0 Å². The molecule has 1 fully saturated rings. The summed E-state index contributed by atoms with van der Waals surface area (Å²) in [4.78, 5) is 28.7. The minimum Gasteiger partial charge on any atom is -0.351 e. The van der Waals surface area contributed by atoms with Gasteiger partial charge in [0.2, 0.25) is 5.91 Å². The zero-order valence-electron chi connectivity index (χ0n) is 12.7. The van der Waals surface area contributed by atoms with E-state index in [0.717, 1.165) is 25.7 Å². The second kappa shape index (κ2) is 6.70. The van der Waals surface area contributed by atoms with Crippen molar-refractivity contribution in [2.75, 3.05) is 0 Å². The highest BCUT2D eigenvalue weighted by molar-refractivity contribution is 5.97. The molecule has 1 aromatic heterocycles. The van der Waals surface area contributed by atoms with Crippen molar-refractivity contribution in [3.8, 4) is 0 Å². The molecule has 0 unspecified atom stereocenters. The molecule has 0 aliphatic heterocycles. The summed E-state index contributed by atoms with van der Waals surface area (Å²) in [6, 6.07) is 5.39. The topological polar surface area (TPSA) is 71.1 Å². The Morgan fingerprint density at radius 1 is 1.33 bits per heavy atom.